The van der Waals surface area contributed by atoms with E-state index in [4.69, 9.17) is 0 Å². The van der Waals surface area contributed by atoms with Crippen LogP contribution in [0, 0.1) is 0 Å². The molecule has 3 aromatic carbocycles. The molecule has 0 saturated carbocycles. The highest BCUT2D eigenvalue weighted by atomic mass is 19.3. The van der Waals surface area contributed by atoms with E-state index in [-0.39, 0.29) is 11.7 Å². The molecule has 30 heavy (non-hydrogen) atoms. The fourth-order valence-electron chi connectivity index (χ4n) is 3.62. The van der Waals surface area contributed by atoms with Crippen LogP contribution in [-0.4, -0.2) is 15.5 Å². The normalized spacial score (nSPS) is 12.3. The second-order valence-corrected chi connectivity index (χ2v) is 7.12. The second kappa shape index (κ2) is 8.45. The molecule has 0 fully saturated rings. The number of imidazole rings is 1. The fourth-order valence-corrected chi connectivity index (χ4v) is 3.62. The van der Waals surface area contributed by atoms with Crippen molar-refractivity contribution in [2.24, 2.45) is 0 Å². The quantitative estimate of drug-likeness (QED) is 0.460. The molecule has 0 spiro atoms. The van der Waals surface area contributed by atoms with Gasteiger partial charge in [-0.3, -0.25) is 9.36 Å². The van der Waals surface area contributed by atoms with E-state index in [1.807, 2.05) is 42.5 Å². The number of aromatic nitrogens is 2. The third-order valence-electron chi connectivity index (χ3n) is 5.05. The van der Waals surface area contributed by atoms with Crippen LogP contribution in [0.3, 0.4) is 0 Å². The van der Waals surface area contributed by atoms with Crippen LogP contribution < -0.4 is 5.32 Å². The monoisotopic (exact) mass is 405 g/mol. The van der Waals surface area contributed by atoms with Crippen LogP contribution in [0.4, 0.5) is 8.78 Å². The zero-order chi connectivity index (χ0) is 21.1. The van der Waals surface area contributed by atoms with Crippen LogP contribution in [0.15, 0.2) is 78.9 Å². The number of amides is 1. The minimum atomic E-state index is -2.75. The van der Waals surface area contributed by atoms with Crippen molar-refractivity contribution in [3.05, 3.63) is 101 Å². The molecule has 0 aliphatic carbocycles. The van der Waals surface area contributed by atoms with Crippen LogP contribution >= 0.6 is 0 Å². The Morgan fingerprint density at radius 2 is 1.63 bits per heavy atom. The highest BCUT2D eigenvalue weighted by Crippen LogP contribution is 2.27. The van der Waals surface area contributed by atoms with Crippen molar-refractivity contribution in [3.63, 3.8) is 0 Å². The van der Waals surface area contributed by atoms with Gasteiger partial charge < -0.3 is 5.32 Å². The van der Waals surface area contributed by atoms with Gasteiger partial charge in [0, 0.05) is 5.56 Å². The number of nitrogens with zero attached hydrogens (tertiary/aromatic N) is 2. The van der Waals surface area contributed by atoms with Crippen molar-refractivity contribution in [2.75, 3.05) is 0 Å². The molecule has 1 amide bonds. The first-order valence-electron chi connectivity index (χ1n) is 9.72. The summed E-state index contributed by atoms with van der Waals surface area (Å²) in [5.74, 6) is -0.193. The molecule has 4 nitrogen and oxygen atoms in total. The van der Waals surface area contributed by atoms with Gasteiger partial charge in [-0.25, -0.2) is 4.98 Å². The SMILES string of the molecule is CC(NC(=O)c1ccccc1Cc1ccccc1)c1nc2ccccc2n1C(F)F. The van der Waals surface area contributed by atoms with Gasteiger partial charge >= 0.3 is 6.55 Å². The number of alkyl halides is 2. The lowest BCUT2D eigenvalue weighted by atomic mass is 9.99. The molecule has 0 aliphatic rings. The maximum absolute atomic E-state index is 13.7. The van der Waals surface area contributed by atoms with Gasteiger partial charge in [-0.2, -0.15) is 8.78 Å². The minimum Gasteiger partial charge on any atom is -0.342 e. The molecule has 1 heterocycles. The number of hydrogen-bond donors (Lipinski definition) is 1. The van der Waals surface area contributed by atoms with Crippen LogP contribution in [0.5, 0.6) is 0 Å². The van der Waals surface area contributed by atoms with Gasteiger partial charge in [0.15, 0.2) is 0 Å². The topological polar surface area (TPSA) is 46.9 Å². The first kappa shape index (κ1) is 19.8. The van der Waals surface area contributed by atoms with Crippen molar-refractivity contribution in [1.29, 1.82) is 0 Å². The molecule has 1 aromatic heterocycles. The first-order valence-corrected chi connectivity index (χ1v) is 9.72. The maximum Gasteiger partial charge on any atom is 0.320 e. The Kier molecular flexibility index (Phi) is 5.57. The molecule has 1 N–H and O–H groups in total. The summed E-state index contributed by atoms with van der Waals surface area (Å²) in [6, 6.07) is 23.2. The van der Waals surface area contributed by atoms with Gasteiger partial charge in [0.05, 0.1) is 17.1 Å². The largest absolute Gasteiger partial charge is 0.342 e. The molecule has 1 unspecified atom stereocenters. The molecule has 152 valence electrons. The molecule has 0 radical (unpaired) electrons. The molecular weight excluding hydrogens is 384 g/mol. The van der Waals surface area contributed by atoms with E-state index in [0.717, 1.165) is 15.7 Å². The number of hydrogen-bond acceptors (Lipinski definition) is 2. The molecule has 0 bridgehead atoms. The van der Waals surface area contributed by atoms with E-state index in [1.54, 1.807) is 43.3 Å². The maximum atomic E-state index is 13.7. The van der Waals surface area contributed by atoms with Crippen LogP contribution in [-0.2, 0) is 6.42 Å². The van der Waals surface area contributed by atoms with E-state index >= 15 is 0 Å². The first-order chi connectivity index (χ1) is 14.5. The number of carbonyl (C=O) groups excluding carboxylic acids is 1. The van der Waals surface area contributed by atoms with Gasteiger partial charge in [-0.05, 0) is 42.7 Å². The van der Waals surface area contributed by atoms with E-state index in [1.165, 1.54) is 0 Å². The Hall–Kier alpha value is -3.54. The summed E-state index contributed by atoms with van der Waals surface area (Å²) < 4.78 is 28.3. The second-order valence-electron chi connectivity index (χ2n) is 7.12. The number of halogens is 2. The number of fused-ring (bicyclic) bond motifs is 1. The number of para-hydroxylation sites is 2. The van der Waals surface area contributed by atoms with Crippen LogP contribution in [0.2, 0.25) is 0 Å². The van der Waals surface area contributed by atoms with E-state index in [2.05, 4.69) is 10.3 Å². The summed E-state index contributed by atoms with van der Waals surface area (Å²) in [6.45, 7) is -1.09. The molecule has 1 atom stereocenters. The summed E-state index contributed by atoms with van der Waals surface area (Å²) in [4.78, 5) is 17.3. The van der Waals surface area contributed by atoms with Gasteiger partial charge in [0.1, 0.15) is 5.82 Å². The summed E-state index contributed by atoms with van der Waals surface area (Å²) in [5.41, 5.74) is 3.29. The Bertz CT molecular complexity index is 1170. The molecular formula is C24H21F2N3O. The van der Waals surface area contributed by atoms with Gasteiger partial charge in [-0.15, -0.1) is 0 Å². The average molecular weight is 405 g/mol. The number of benzene rings is 3. The summed E-state index contributed by atoms with van der Waals surface area (Å²) >= 11 is 0. The Labute approximate surface area is 173 Å². The molecule has 4 aromatic rings. The van der Waals surface area contributed by atoms with Crippen molar-refractivity contribution in [2.45, 2.75) is 25.9 Å². The van der Waals surface area contributed by atoms with Gasteiger partial charge in [0.2, 0.25) is 0 Å². The van der Waals surface area contributed by atoms with E-state index < -0.39 is 12.6 Å². The predicted octanol–water partition coefficient (Wildman–Crippen LogP) is 5.51. The summed E-state index contributed by atoms with van der Waals surface area (Å²) in [6.07, 6.45) is 0.606. The lowest BCUT2D eigenvalue weighted by Gasteiger charge is -2.17. The highest BCUT2D eigenvalue weighted by molar-refractivity contribution is 5.96. The van der Waals surface area contributed by atoms with Crippen molar-refractivity contribution < 1.29 is 13.6 Å². The van der Waals surface area contributed by atoms with E-state index in [0.29, 0.717) is 23.0 Å². The zero-order valence-corrected chi connectivity index (χ0v) is 16.4. The standard InChI is InChI=1S/C24H21F2N3O/c1-16(22-28-20-13-7-8-14-21(20)29(22)24(25)26)27-23(30)19-12-6-5-11-18(19)15-17-9-3-2-4-10-17/h2-14,16,24H,15H2,1H3,(H,27,30). The third kappa shape index (κ3) is 3.94. The lowest BCUT2D eigenvalue weighted by molar-refractivity contribution is 0.0687. The van der Waals surface area contributed by atoms with Crippen molar-refractivity contribution in [1.82, 2.24) is 14.9 Å². The Balaban J connectivity index is 1.61. The molecule has 4 rings (SSSR count). The molecule has 0 saturated heterocycles. The highest BCUT2D eigenvalue weighted by Gasteiger charge is 2.23. The van der Waals surface area contributed by atoms with Crippen molar-refractivity contribution >= 4 is 16.9 Å². The smallest absolute Gasteiger partial charge is 0.320 e. The van der Waals surface area contributed by atoms with E-state index in [9.17, 15) is 13.6 Å². The third-order valence-corrected chi connectivity index (χ3v) is 5.05. The minimum absolute atomic E-state index is 0.125. The zero-order valence-electron chi connectivity index (χ0n) is 16.4. The predicted molar refractivity (Wildman–Crippen MR) is 113 cm³/mol. The number of rotatable bonds is 6. The Morgan fingerprint density at radius 1 is 0.967 bits per heavy atom. The summed E-state index contributed by atoms with van der Waals surface area (Å²) in [5, 5.41) is 2.84. The molecule has 0 aliphatic heterocycles. The van der Waals surface area contributed by atoms with Gasteiger partial charge in [0.25, 0.3) is 5.91 Å². The fraction of sp³-hybridized carbons (Fsp3) is 0.167. The van der Waals surface area contributed by atoms with Crippen molar-refractivity contribution in [3.8, 4) is 0 Å². The lowest BCUT2D eigenvalue weighted by Crippen LogP contribution is -2.29. The molecule has 6 heteroatoms. The van der Waals surface area contributed by atoms with Crippen LogP contribution in [0.25, 0.3) is 11.0 Å². The average Bonchev–Trinajstić information content (AvgIpc) is 3.15. The van der Waals surface area contributed by atoms with Crippen LogP contribution in [0.1, 0.15) is 46.8 Å². The number of nitrogens with one attached hydrogen (secondary N) is 1. The Morgan fingerprint density at radius 3 is 2.40 bits per heavy atom. The summed E-state index contributed by atoms with van der Waals surface area (Å²) in [7, 11) is 0. The number of carbonyl (C=O) groups is 1. The van der Waals surface area contributed by atoms with Gasteiger partial charge in [-0.1, -0.05) is 60.7 Å².